The highest BCUT2D eigenvalue weighted by atomic mass is 16.2. The summed E-state index contributed by atoms with van der Waals surface area (Å²) in [5.74, 6) is -0.243. The first-order chi connectivity index (χ1) is 12.0. The maximum Gasteiger partial charge on any atom is 0.319 e. The molecule has 1 aromatic rings. The summed E-state index contributed by atoms with van der Waals surface area (Å²) < 4.78 is 0. The Labute approximate surface area is 149 Å². The van der Waals surface area contributed by atoms with Crippen LogP contribution in [0, 0.1) is 0 Å². The molecule has 1 heterocycles. The number of unbranched alkanes of at least 4 members (excludes halogenated alkanes) is 2. The second-order valence-corrected chi connectivity index (χ2v) is 6.57. The number of amides is 4. The van der Waals surface area contributed by atoms with Crippen LogP contribution in [0.15, 0.2) is 24.3 Å². The first-order valence-electron chi connectivity index (χ1n) is 8.99. The van der Waals surface area contributed by atoms with Crippen molar-refractivity contribution in [2.45, 2.75) is 65.0 Å². The standard InChI is InChI=1S/C19H27N3O3/c1-3-4-5-6-14(2)20-19(25)21-16-9-7-15(8-10-16)13-22-17(23)11-12-18(22)24/h7-10,14H,3-6,11-13H2,1-2H3,(H2,20,21,25)/t14-/m0/s1. The van der Waals surface area contributed by atoms with Crippen molar-refractivity contribution >= 4 is 23.5 Å². The maximum absolute atomic E-state index is 12.0. The van der Waals surface area contributed by atoms with Crippen molar-refractivity contribution in [3.63, 3.8) is 0 Å². The molecule has 1 saturated heterocycles. The van der Waals surface area contributed by atoms with Gasteiger partial charge in [-0.3, -0.25) is 14.5 Å². The highest BCUT2D eigenvalue weighted by Crippen LogP contribution is 2.17. The molecule has 4 amide bonds. The number of anilines is 1. The van der Waals surface area contributed by atoms with Gasteiger partial charge < -0.3 is 10.6 Å². The number of nitrogens with zero attached hydrogens (tertiary/aromatic N) is 1. The van der Waals surface area contributed by atoms with Gasteiger partial charge in [0.15, 0.2) is 0 Å². The van der Waals surface area contributed by atoms with E-state index in [4.69, 9.17) is 0 Å². The molecule has 136 valence electrons. The number of carbonyl (C=O) groups excluding carboxylic acids is 3. The van der Waals surface area contributed by atoms with Crippen LogP contribution in [0.1, 0.15) is 57.9 Å². The number of hydrogen-bond acceptors (Lipinski definition) is 3. The molecule has 2 rings (SSSR count). The zero-order chi connectivity index (χ0) is 18.2. The van der Waals surface area contributed by atoms with Crippen molar-refractivity contribution in [2.24, 2.45) is 0 Å². The van der Waals surface area contributed by atoms with Gasteiger partial charge >= 0.3 is 6.03 Å². The van der Waals surface area contributed by atoms with Crippen LogP contribution in [-0.2, 0) is 16.1 Å². The fourth-order valence-electron chi connectivity index (χ4n) is 2.84. The molecule has 0 saturated carbocycles. The Morgan fingerprint density at radius 2 is 1.76 bits per heavy atom. The lowest BCUT2D eigenvalue weighted by Gasteiger charge is -2.15. The lowest BCUT2D eigenvalue weighted by atomic mass is 10.1. The summed E-state index contributed by atoms with van der Waals surface area (Å²) in [6, 6.07) is 7.11. The molecule has 0 bridgehead atoms. The third kappa shape index (κ3) is 5.89. The number of likely N-dealkylation sites (tertiary alicyclic amines) is 1. The van der Waals surface area contributed by atoms with Gasteiger partial charge in [0.25, 0.3) is 0 Å². The molecule has 25 heavy (non-hydrogen) atoms. The lowest BCUT2D eigenvalue weighted by Crippen LogP contribution is -2.36. The SMILES string of the molecule is CCCCC[C@H](C)NC(=O)Nc1ccc(CN2C(=O)CCC2=O)cc1. The van der Waals surface area contributed by atoms with Gasteiger partial charge in [-0.25, -0.2) is 4.79 Å². The molecule has 2 N–H and O–H groups in total. The average molecular weight is 345 g/mol. The van der Waals surface area contributed by atoms with Crippen molar-refractivity contribution in [2.75, 3.05) is 5.32 Å². The predicted molar refractivity (Wildman–Crippen MR) is 97.0 cm³/mol. The Morgan fingerprint density at radius 3 is 2.36 bits per heavy atom. The molecule has 1 aliphatic rings. The Bertz CT molecular complexity index is 597. The smallest absolute Gasteiger partial charge is 0.319 e. The van der Waals surface area contributed by atoms with Gasteiger partial charge in [-0.1, -0.05) is 38.3 Å². The summed E-state index contributed by atoms with van der Waals surface area (Å²) >= 11 is 0. The quantitative estimate of drug-likeness (QED) is 0.560. The van der Waals surface area contributed by atoms with E-state index in [9.17, 15) is 14.4 Å². The molecule has 6 heteroatoms. The van der Waals surface area contributed by atoms with Gasteiger partial charge in [0.05, 0.1) is 6.54 Å². The van der Waals surface area contributed by atoms with Gasteiger partial charge in [0.2, 0.25) is 11.8 Å². The van der Waals surface area contributed by atoms with Crippen molar-refractivity contribution < 1.29 is 14.4 Å². The molecular weight excluding hydrogens is 318 g/mol. The number of hydrogen-bond donors (Lipinski definition) is 2. The monoisotopic (exact) mass is 345 g/mol. The largest absolute Gasteiger partial charge is 0.335 e. The topological polar surface area (TPSA) is 78.5 Å². The van der Waals surface area contributed by atoms with Crippen molar-refractivity contribution in [1.82, 2.24) is 10.2 Å². The minimum atomic E-state index is -0.221. The minimum absolute atomic E-state index is 0.122. The zero-order valence-corrected chi connectivity index (χ0v) is 15.0. The summed E-state index contributed by atoms with van der Waals surface area (Å²) in [5, 5.41) is 5.73. The summed E-state index contributed by atoms with van der Waals surface area (Å²) in [6.07, 6.45) is 5.03. The van der Waals surface area contributed by atoms with Crippen LogP contribution in [0.4, 0.5) is 10.5 Å². The van der Waals surface area contributed by atoms with E-state index in [1.165, 1.54) is 17.7 Å². The number of rotatable bonds is 8. The molecule has 0 radical (unpaired) electrons. The highest BCUT2D eigenvalue weighted by molar-refractivity contribution is 6.01. The molecule has 1 aliphatic heterocycles. The summed E-state index contributed by atoms with van der Waals surface area (Å²) in [6.45, 7) is 4.45. The summed E-state index contributed by atoms with van der Waals surface area (Å²) in [4.78, 5) is 36.5. The van der Waals surface area contributed by atoms with Crippen LogP contribution in [0.25, 0.3) is 0 Å². The zero-order valence-electron chi connectivity index (χ0n) is 15.0. The molecule has 6 nitrogen and oxygen atoms in total. The first-order valence-corrected chi connectivity index (χ1v) is 8.99. The molecule has 0 spiro atoms. The van der Waals surface area contributed by atoms with Crippen LogP contribution in [-0.4, -0.2) is 28.8 Å². The third-order valence-corrected chi connectivity index (χ3v) is 4.33. The number of imide groups is 1. The number of nitrogens with one attached hydrogen (secondary N) is 2. The molecule has 1 aromatic carbocycles. The fourth-order valence-corrected chi connectivity index (χ4v) is 2.84. The molecular formula is C19H27N3O3. The van der Waals surface area contributed by atoms with E-state index >= 15 is 0 Å². The second-order valence-electron chi connectivity index (χ2n) is 6.57. The van der Waals surface area contributed by atoms with Gasteiger partial charge in [-0.05, 0) is 31.0 Å². The second kappa shape index (κ2) is 9.20. The van der Waals surface area contributed by atoms with Crippen LogP contribution in [0.2, 0.25) is 0 Å². The Kier molecular flexibility index (Phi) is 6.98. The van der Waals surface area contributed by atoms with E-state index in [0.29, 0.717) is 25.1 Å². The maximum atomic E-state index is 12.0. The average Bonchev–Trinajstić information content (AvgIpc) is 2.88. The van der Waals surface area contributed by atoms with Crippen molar-refractivity contribution in [3.8, 4) is 0 Å². The molecule has 1 atom stereocenters. The lowest BCUT2D eigenvalue weighted by molar-refractivity contribution is -0.139. The number of urea groups is 1. The highest BCUT2D eigenvalue weighted by Gasteiger charge is 2.28. The normalized spacial score (nSPS) is 15.4. The van der Waals surface area contributed by atoms with Crippen LogP contribution in [0.3, 0.4) is 0 Å². The number of carbonyl (C=O) groups is 3. The van der Waals surface area contributed by atoms with E-state index in [0.717, 1.165) is 18.4 Å². The van der Waals surface area contributed by atoms with Crippen LogP contribution in [0.5, 0.6) is 0 Å². The van der Waals surface area contributed by atoms with Gasteiger partial charge in [0, 0.05) is 24.6 Å². The fraction of sp³-hybridized carbons (Fsp3) is 0.526. The number of benzene rings is 1. The summed E-state index contributed by atoms with van der Waals surface area (Å²) in [7, 11) is 0. The predicted octanol–water partition coefficient (Wildman–Crippen LogP) is 3.43. The van der Waals surface area contributed by atoms with E-state index in [1.54, 1.807) is 12.1 Å². The Balaban J connectivity index is 1.80. The summed E-state index contributed by atoms with van der Waals surface area (Å²) in [5.41, 5.74) is 1.54. The Morgan fingerprint density at radius 1 is 1.12 bits per heavy atom. The van der Waals surface area contributed by atoms with Gasteiger partial charge in [0.1, 0.15) is 0 Å². The van der Waals surface area contributed by atoms with Crippen molar-refractivity contribution in [1.29, 1.82) is 0 Å². The molecule has 0 aliphatic carbocycles. The Hall–Kier alpha value is -2.37. The van der Waals surface area contributed by atoms with E-state index in [-0.39, 0.29) is 23.9 Å². The van der Waals surface area contributed by atoms with Crippen molar-refractivity contribution in [3.05, 3.63) is 29.8 Å². The molecule has 1 fully saturated rings. The minimum Gasteiger partial charge on any atom is -0.335 e. The molecule has 0 aromatic heterocycles. The van der Waals surface area contributed by atoms with E-state index < -0.39 is 0 Å². The first kappa shape index (κ1) is 19.0. The van der Waals surface area contributed by atoms with Gasteiger partial charge in [-0.15, -0.1) is 0 Å². The van der Waals surface area contributed by atoms with E-state index in [2.05, 4.69) is 17.6 Å². The van der Waals surface area contributed by atoms with E-state index in [1.807, 2.05) is 19.1 Å². The van der Waals surface area contributed by atoms with Gasteiger partial charge in [-0.2, -0.15) is 0 Å². The van der Waals surface area contributed by atoms with Crippen LogP contribution < -0.4 is 10.6 Å². The molecule has 0 unspecified atom stereocenters. The van der Waals surface area contributed by atoms with Crippen LogP contribution >= 0.6 is 0 Å². The third-order valence-electron chi connectivity index (χ3n) is 4.33.